The number of carbonyl (C=O) groups is 1. The molecule has 12 heteroatoms. The smallest absolute Gasteiger partial charge is 0.275 e. The molecule has 1 atom stereocenters. The molecule has 1 aromatic carbocycles. The molecule has 1 fully saturated rings. The van der Waals surface area contributed by atoms with Crippen molar-refractivity contribution in [2.75, 3.05) is 20.3 Å². The van der Waals surface area contributed by atoms with Crippen LogP contribution >= 0.6 is 11.3 Å². The standard InChI is InChI=1S/C28H27B3N4O4S/c1-27(16-39-28(29,30)31)7-4-8-34(27)26(36)24-21-14-38-23-12-22(37-3)19(17-5-9-33(2)13-17)11-20(23)25(21)35(32-24)18-6-10-40-15-18/h5-6,9-13,15H,4,7-8,14,16H2,1-3H3. The molecular formula is C28H27B3N4O4S. The zero-order valence-electron chi connectivity index (χ0n) is 22.7. The predicted octanol–water partition coefficient (Wildman–Crippen LogP) is 3.64. The maximum absolute atomic E-state index is 14.2. The second-order valence-corrected chi connectivity index (χ2v) is 11.5. The Kier molecular flexibility index (Phi) is 6.66. The number of likely N-dealkylation sites (tertiary alicyclic amines) is 1. The fraction of sp³-hybridized carbons (Fsp3) is 0.357. The summed E-state index contributed by atoms with van der Waals surface area (Å²) in [4.78, 5) is 16.0. The van der Waals surface area contributed by atoms with Crippen molar-refractivity contribution in [3.63, 3.8) is 0 Å². The minimum Gasteiger partial charge on any atom is -0.496 e. The number of carbonyl (C=O) groups excluding carboxylic acids is 1. The van der Waals surface area contributed by atoms with E-state index in [1.54, 1.807) is 23.3 Å². The summed E-state index contributed by atoms with van der Waals surface area (Å²) in [7, 11) is 20.6. The highest BCUT2D eigenvalue weighted by Gasteiger charge is 2.43. The normalized spacial score (nSPS) is 18.3. The number of rotatable bonds is 7. The van der Waals surface area contributed by atoms with E-state index in [0.29, 0.717) is 23.7 Å². The van der Waals surface area contributed by atoms with E-state index in [9.17, 15) is 4.79 Å². The van der Waals surface area contributed by atoms with Crippen LogP contribution in [0.5, 0.6) is 11.5 Å². The lowest BCUT2D eigenvalue weighted by Crippen LogP contribution is -2.51. The van der Waals surface area contributed by atoms with Gasteiger partial charge in [0.25, 0.3) is 5.91 Å². The molecule has 4 aromatic rings. The van der Waals surface area contributed by atoms with Gasteiger partial charge in [0, 0.05) is 59.7 Å². The lowest BCUT2D eigenvalue weighted by molar-refractivity contribution is 0.0180. The van der Waals surface area contributed by atoms with Gasteiger partial charge in [0.05, 0.1) is 54.2 Å². The fourth-order valence-electron chi connectivity index (χ4n) is 5.60. The van der Waals surface area contributed by atoms with Crippen molar-refractivity contribution in [2.45, 2.75) is 37.2 Å². The number of fused-ring (bicyclic) bond motifs is 3. The summed E-state index contributed by atoms with van der Waals surface area (Å²) in [6.45, 7) is 2.81. The fourth-order valence-corrected chi connectivity index (χ4v) is 6.22. The van der Waals surface area contributed by atoms with E-state index in [2.05, 4.69) is 6.07 Å². The second-order valence-electron chi connectivity index (χ2n) is 10.7. The number of aromatic nitrogens is 3. The summed E-state index contributed by atoms with van der Waals surface area (Å²) < 4.78 is 21.3. The van der Waals surface area contributed by atoms with Gasteiger partial charge >= 0.3 is 0 Å². The molecule has 2 aliphatic rings. The number of ether oxygens (including phenoxy) is 3. The number of hydrogen-bond acceptors (Lipinski definition) is 6. The van der Waals surface area contributed by atoms with E-state index in [-0.39, 0.29) is 19.1 Å². The van der Waals surface area contributed by atoms with Gasteiger partial charge in [-0.25, -0.2) is 4.68 Å². The summed E-state index contributed by atoms with van der Waals surface area (Å²) in [6, 6.07) is 7.98. The second kappa shape index (κ2) is 9.92. The van der Waals surface area contributed by atoms with Crippen LogP contribution in [0.25, 0.3) is 28.1 Å². The highest BCUT2D eigenvalue weighted by Crippen LogP contribution is 2.46. The predicted molar refractivity (Wildman–Crippen MR) is 157 cm³/mol. The molecule has 0 saturated carbocycles. The molecule has 0 bridgehead atoms. The number of aryl methyl sites for hydroxylation is 1. The third-order valence-corrected chi connectivity index (χ3v) is 8.31. The lowest BCUT2D eigenvalue weighted by Gasteiger charge is -2.37. The van der Waals surface area contributed by atoms with Crippen molar-refractivity contribution in [1.82, 2.24) is 19.2 Å². The van der Waals surface area contributed by atoms with Crippen molar-refractivity contribution in [3.8, 4) is 39.6 Å². The van der Waals surface area contributed by atoms with E-state index >= 15 is 0 Å². The summed E-state index contributed by atoms with van der Waals surface area (Å²) >= 11 is 1.56. The largest absolute Gasteiger partial charge is 0.496 e. The van der Waals surface area contributed by atoms with E-state index in [4.69, 9.17) is 42.8 Å². The highest BCUT2D eigenvalue weighted by molar-refractivity contribution is 7.08. The minimum absolute atomic E-state index is 0.106. The van der Waals surface area contributed by atoms with Gasteiger partial charge in [-0.2, -0.15) is 16.4 Å². The van der Waals surface area contributed by atoms with Crippen molar-refractivity contribution in [3.05, 3.63) is 58.7 Å². The molecule has 40 heavy (non-hydrogen) atoms. The third kappa shape index (κ3) is 4.67. The number of thiophene rings is 1. The topological polar surface area (TPSA) is 70.8 Å². The molecule has 1 unspecified atom stereocenters. The van der Waals surface area contributed by atoms with Crippen LogP contribution in [0, 0.1) is 0 Å². The van der Waals surface area contributed by atoms with Gasteiger partial charge in [-0.1, -0.05) is 0 Å². The zero-order valence-corrected chi connectivity index (χ0v) is 23.5. The number of hydrogen-bond donors (Lipinski definition) is 0. The number of benzene rings is 1. The zero-order chi connectivity index (χ0) is 28.2. The Morgan fingerprint density at radius 3 is 2.75 bits per heavy atom. The average molecular weight is 548 g/mol. The minimum atomic E-state index is -1.78. The van der Waals surface area contributed by atoms with Crippen LogP contribution in [0.4, 0.5) is 0 Å². The van der Waals surface area contributed by atoms with Crippen LogP contribution in [0.15, 0.2) is 47.4 Å². The molecule has 2 aliphatic heterocycles. The van der Waals surface area contributed by atoms with Crippen LogP contribution in [-0.4, -0.2) is 79.8 Å². The molecule has 5 heterocycles. The summed E-state index contributed by atoms with van der Waals surface area (Å²) in [5.41, 5.74) is 4.90. The Morgan fingerprint density at radius 2 is 2.08 bits per heavy atom. The molecule has 198 valence electrons. The van der Waals surface area contributed by atoms with E-state index in [0.717, 1.165) is 46.5 Å². The molecule has 6 radical (unpaired) electrons. The first-order valence-electron chi connectivity index (χ1n) is 13.0. The molecule has 6 rings (SSSR count). The van der Waals surface area contributed by atoms with Crippen LogP contribution < -0.4 is 9.47 Å². The van der Waals surface area contributed by atoms with Gasteiger partial charge in [0.1, 0.15) is 18.1 Å². The number of amides is 1. The van der Waals surface area contributed by atoms with Crippen molar-refractivity contribution >= 4 is 40.8 Å². The van der Waals surface area contributed by atoms with E-state index in [1.165, 1.54) is 0 Å². The molecule has 3 aromatic heterocycles. The molecular weight excluding hydrogens is 521 g/mol. The Balaban J connectivity index is 1.48. The monoisotopic (exact) mass is 548 g/mol. The van der Waals surface area contributed by atoms with Crippen LogP contribution in [0.2, 0.25) is 0 Å². The summed E-state index contributed by atoms with van der Waals surface area (Å²) in [5.74, 6) is 1.17. The van der Waals surface area contributed by atoms with Crippen molar-refractivity contribution in [2.24, 2.45) is 7.05 Å². The number of nitrogens with zero attached hydrogens (tertiary/aromatic N) is 4. The first-order chi connectivity index (χ1) is 19.1. The van der Waals surface area contributed by atoms with Crippen LogP contribution in [0.3, 0.4) is 0 Å². The first kappa shape index (κ1) is 26.8. The Bertz CT molecular complexity index is 1580. The van der Waals surface area contributed by atoms with Gasteiger partial charge in [-0.05, 0) is 48.6 Å². The highest BCUT2D eigenvalue weighted by atomic mass is 32.1. The molecule has 8 nitrogen and oxygen atoms in total. The molecule has 0 N–H and O–H groups in total. The summed E-state index contributed by atoms with van der Waals surface area (Å²) in [5, 5.41) is 7.12. The van der Waals surface area contributed by atoms with Gasteiger partial charge in [0.15, 0.2) is 5.69 Å². The molecule has 1 amide bonds. The third-order valence-electron chi connectivity index (χ3n) is 7.64. The van der Waals surface area contributed by atoms with Crippen LogP contribution in [0.1, 0.15) is 35.8 Å². The van der Waals surface area contributed by atoms with E-state index in [1.807, 2.05) is 64.6 Å². The quantitative estimate of drug-likeness (QED) is 0.330. The number of methoxy groups -OCH3 is 1. The van der Waals surface area contributed by atoms with E-state index < -0.39 is 10.8 Å². The Morgan fingerprint density at radius 1 is 1.25 bits per heavy atom. The Labute approximate surface area is 241 Å². The maximum atomic E-state index is 14.2. The molecule has 0 spiro atoms. The van der Waals surface area contributed by atoms with Gasteiger partial charge in [-0.3, -0.25) is 4.79 Å². The molecule has 1 saturated heterocycles. The van der Waals surface area contributed by atoms with Crippen molar-refractivity contribution in [1.29, 1.82) is 0 Å². The van der Waals surface area contributed by atoms with Gasteiger partial charge in [-0.15, -0.1) is 0 Å². The SMILES string of the molecule is [B]C([B])([B])OCC1(C)CCCN1C(=O)c1nn(-c2ccsc2)c2c1COc1cc(OC)c(-c3ccn(C)c3)cc1-2. The lowest BCUT2D eigenvalue weighted by atomic mass is 9.52. The van der Waals surface area contributed by atoms with Gasteiger partial charge < -0.3 is 23.7 Å². The first-order valence-corrected chi connectivity index (χ1v) is 14.0. The van der Waals surface area contributed by atoms with Crippen molar-refractivity contribution < 1.29 is 19.0 Å². The van der Waals surface area contributed by atoms with Crippen LogP contribution in [-0.2, 0) is 18.4 Å². The average Bonchev–Trinajstić information content (AvgIpc) is 3.72. The Hall–Kier alpha value is -3.37. The maximum Gasteiger partial charge on any atom is 0.275 e. The molecule has 0 aliphatic carbocycles. The summed E-state index contributed by atoms with van der Waals surface area (Å²) in [6.07, 6.45) is 5.56. The van der Waals surface area contributed by atoms with Gasteiger partial charge in [0.2, 0.25) is 0 Å².